The van der Waals surface area contributed by atoms with Crippen molar-refractivity contribution in [2.45, 2.75) is 13.6 Å². The summed E-state index contributed by atoms with van der Waals surface area (Å²) in [5, 5.41) is -0.609. The van der Waals surface area contributed by atoms with E-state index in [0.29, 0.717) is 5.56 Å². The number of hydrogen-bond acceptors (Lipinski definition) is 1. The van der Waals surface area contributed by atoms with Crippen molar-refractivity contribution in [1.82, 2.24) is 0 Å². The van der Waals surface area contributed by atoms with E-state index in [4.69, 9.17) is 11.6 Å². The van der Waals surface area contributed by atoms with E-state index in [1.54, 1.807) is 18.2 Å². The van der Waals surface area contributed by atoms with E-state index < -0.39 is 11.9 Å². The maximum atomic E-state index is 12.3. The second-order valence-corrected chi connectivity index (χ2v) is 2.91. The highest BCUT2D eigenvalue weighted by atomic mass is 35.5. The molecule has 64 valence electrons. The van der Waals surface area contributed by atoms with Crippen LogP contribution < -0.4 is 0 Å². The van der Waals surface area contributed by atoms with Crippen LogP contribution in [0, 0.1) is 6.92 Å². The average molecular weight is 187 g/mol. The van der Waals surface area contributed by atoms with Crippen LogP contribution in [0.25, 0.3) is 0 Å². The zero-order chi connectivity index (χ0) is 9.14. The lowest BCUT2D eigenvalue weighted by molar-refractivity contribution is 0.108. The summed E-state index contributed by atoms with van der Waals surface area (Å²) in [6, 6.07) is 4.89. The number of carbonyl (C=O) groups is 1. The van der Waals surface area contributed by atoms with Crippen molar-refractivity contribution in [2.75, 3.05) is 0 Å². The fourth-order valence-electron chi connectivity index (χ4n) is 1.02. The standard InChI is InChI=1S/C9H8ClFO/c1-6-2-3-8(9(10)12)7(4-6)5-11/h2-4H,5H2,1H3. The fourth-order valence-corrected chi connectivity index (χ4v) is 1.21. The highest BCUT2D eigenvalue weighted by Crippen LogP contribution is 2.14. The molecule has 0 saturated heterocycles. The molecule has 3 heteroatoms. The van der Waals surface area contributed by atoms with Gasteiger partial charge in [0.05, 0.1) is 0 Å². The molecule has 0 unspecified atom stereocenters. The van der Waals surface area contributed by atoms with Crippen molar-refractivity contribution >= 4 is 16.8 Å². The molecule has 1 aromatic rings. The molecule has 0 N–H and O–H groups in total. The number of rotatable bonds is 2. The molecule has 0 aromatic heterocycles. The van der Waals surface area contributed by atoms with Crippen LogP contribution in [0.15, 0.2) is 18.2 Å². The first-order valence-corrected chi connectivity index (χ1v) is 3.88. The number of hydrogen-bond donors (Lipinski definition) is 0. The third-order valence-electron chi connectivity index (χ3n) is 1.62. The Morgan fingerprint density at radius 1 is 1.58 bits per heavy atom. The van der Waals surface area contributed by atoms with Crippen LogP contribution in [0.5, 0.6) is 0 Å². The second-order valence-electron chi connectivity index (χ2n) is 2.57. The van der Waals surface area contributed by atoms with Gasteiger partial charge in [0.15, 0.2) is 0 Å². The maximum absolute atomic E-state index is 12.3. The van der Waals surface area contributed by atoms with Crippen molar-refractivity contribution in [3.63, 3.8) is 0 Å². The van der Waals surface area contributed by atoms with Gasteiger partial charge in [-0.15, -0.1) is 0 Å². The number of halogens is 2. The Hall–Kier alpha value is -0.890. The van der Waals surface area contributed by atoms with Gasteiger partial charge in [-0.25, -0.2) is 4.39 Å². The Balaban J connectivity index is 3.20. The third-order valence-corrected chi connectivity index (χ3v) is 1.82. The van der Waals surface area contributed by atoms with E-state index in [-0.39, 0.29) is 5.56 Å². The monoisotopic (exact) mass is 186 g/mol. The Kier molecular flexibility index (Phi) is 2.82. The minimum atomic E-state index is -0.657. The summed E-state index contributed by atoms with van der Waals surface area (Å²) < 4.78 is 12.3. The Morgan fingerprint density at radius 3 is 2.75 bits per heavy atom. The molecule has 12 heavy (non-hydrogen) atoms. The predicted octanol–water partition coefficient (Wildman–Crippen LogP) is 2.84. The molecule has 0 radical (unpaired) electrons. The highest BCUT2D eigenvalue weighted by molar-refractivity contribution is 6.67. The van der Waals surface area contributed by atoms with Crippen molar-refractivity contribution in [3.05, 3.63) is 34.9 Å². The van der Waals surface area contributed by atoms with Gasteiger partial charge in [0.1, 0.15) is 6.67 Å². The van der Waals surface area contributed by atoms with Crippen molar-refractivity contribution in [1.29, 1.82) is 0 Å². The highest BCUT2D eigenvalue weighted by Gasteiger charge is 2.07. The minimum absolute atomic E-state index is 0.254. The van der Waals surface area contributed by atoms with Crippen molar-refractivity contribution in [2.24, 2.45) is 0 Å². The molecule has 0 aliphatic heterocycles. The zero-order valence-electron chi connectivity index (χ0n) is 6.60. The van der Waals surface area contributed by atoms with Gasteiger partial charge >= 0.3 is 0 Å². The first-order chi connectivity index (χ1) is 5.65. The van der Waals surface area contributed by atoms with E-state index in [1.165, 1.54) is 0 Å². The number of benzene rings is 1. The average Bonchev–Trinajstić information content (AvgIpc) is 2.03. The van der Waals surface area contributed by atoms with Crippen LogP contribution in [0.4, 0.5) is 4.39 Å². The van der Waals surface area contributed by atoms with E-state index in [9.17, 15) is 9.18 Å². The lowest BCUT2D eigenvalue weighted by Gasteiger charge is -2.01. The first-order valence-electron chi connectivity index (χ1n) is 3.50. The molecule has 1 rings (SSSR count). The lowest BCUT2D eigenvalue weighted by atomic mass is 10.1. The molecule has 0 spiro atoms. The second kappa shape index (κ2) is 3.68. The Labute approximate surface area is 75.2 Å². The van der Waals surface area contributed by atoms with Gasteiger partial charge in [-0.1, -0.05) is 17.7 Å². The van der Waals surface area contributed by atoms with Gasteiger partial charge in [0.25, 0.3) is 5.24 Å². The molecule has 0 atom stereocenters. The van der Waals surface area contributed by atoms with Crippen LogP contribution in [0.2, 0.25) is 0 Å². The van der Waals surface area contributed by atoms with Crippen LogP contribution in [0.3, 0.4) is 0 Å². The van der Waals surface area contributed by atoms with E-state index >= 15 is 0 Å². The van der Waals surface area contributed by atoms with Gasteiger partial charge in [0.2, 0.25) is 0 Å². The smallest absolute Gasteiger partial charge is 0.252 e. The topological polar surface area (TPSA) is 17.1 Å². The minimum Gasteiger partial charge on any atom is -0.276 e. The molecular weight excluding hydrogens is 179 g/mol. The number of aryl methyl sites for hydroxylation is 1. The molecule has 0 fully saturated rings. The summed E-state index contributed by atoms with van der Waals surface area (Å²) in [6.07, 6.45) is 0. The molecule has 0 amide bonds. The van der Waals surface area contributed by atoms with Crippen LogP contribution in [0.1, 0.15) is 21.5 Å². The summed E-state index contributed by atoms with van der Waals surface area (Å²) in [4.78, 5) is 10.7. The molecule has 1 aromatic carbocycles. The SMILES string of the molecule is Cc1ccc(C(=O)Cl)c(CF)c1. The molecule has 0 heterocycles. The Morgan fingerprint density at radius 2 is 2.25 bits per heavy atom. The summed E-state index contributed by atoms with van der Waals surface area (Å²) >= 11 is 5.23. The predicted molar refractivity (Wildman–Crippen MR) is 46.2 cm³/mol. The number of carbonyl (C=O) groups excluding carboxylic acids is 1. The summed E-state index contributed by atoms with van der Waals surface area (Å²) in [5.74, 6) is 0. The number of alkyl halides is 1. The quantitative estimate of drug-likeness (QED) is 0.650. The maximum Gasteiger partial charge on any atom is 0.252 e. The van der Waals surface area contributed by atoms with E-state index in [1.807, 2.05) is 6.92 Å². The fraction of sp³-hybridized carbons (Fsp3) is 0.222. The molecule has 0 bridgehead atoms. The summed E-state index contributed by atoms with van der Waals surface area (Å²) in [7, 11) is 0. The van der Waals surface area contributed by atoms with Gasteiger partial charge in [-0.2, -0.15) is 0 Å². The molecule has 1 nitrogen and oxygen atoms in total. The van der Waals surface area contributed by atoms with Gasteiger partial charge in [-0.3, -0.25) is 4.79 Å². The van der Waals surface area contributed by atoms with Crippen LogP contribution in [-0.4, -0.2) is 5.24 Å². The van der Waals surface area contributed by atoms with E-state index in [2.05, 4.69) is 0 Å². The molecule has 0 aliphatic rings. The van der Waals surface area contributed by atoms with Crippen LogP contribution in [-0.2, 0) is 6.67 Å². The van der Waals surface area contributed by atoms with Gasteiger partial charge < -0.3 is 0 Å². The van der Waals surface area contributed by atoms with Gasteiger partial charge in [0, 0.05) is 5.56 Å². The molecule has 0 saturated carbocycles. The zero-order valence-corrected chi connectivity index (χ0v) is 7.36. The largest absolute Gasteiger partial charge is 0.276 e. The summed E-state index contributed by atoms with van der Waals surface area (Å²) in [5.41, 5.74) is 1.53. The molecule has 0 aliphatic carbocycles. The Bertz CT molecular complexity index is 309. The summed E-state index contributed by atoms with van der Waals surface area (Å²) in [6.45, 7) is 1.18. The lowest BCUT2D eigenvalue weighted by Crippen LogP contribution is -1.95. The van der Waals surface area contributed by atoms with Gasteiger partial charge in [-0.05, 0) is 30.2 Å². The molecular formula is C9H8ClFO. The normalized spacial score (nSPS) is 9.92. The van der Waals surface area contributed by atoms with E-state index in [0.717, 1.165) is 5.56 Å². The van der Waals surface area contributed by atoms with Crippen molar-refractivity contribution in [3.8, 4) is 0 Å². The van der Waals surface area contributed by atoms with Crippen molar-refractivity contribution < 1.29 is 9.18 Å². The van der Waals surface area contributed by atoms with Crippen LogP contribution >= 0.6 is 11.6 Å². The first kappa shape index (κ1) is 9.20. The third kappa shape index (κ3) is 1.83.